The van der Waals surface area contributed by atoms with Crippen molar-refractivity contribution in [1.82, 2.24) is 4.90 Å². The normalized spacial score (nSPS) is 13.6. The van der Waals surface area contributed by atoms with Gasteiger partial charge in [-0.05, 0) is 25.0 Å². The van der Waals surface area contributed by atoms with Crippen molar-refractivity contribution >= 4 is 6.41 Å². The maximum atomic E-state index is 11.5. The van der Waals surface area contributed by atoms with E-state index in [-0.39, 0.29) is 12.1 Å². The molecule has 0 saturated carbocycles. The Balaban J connectivity index is 2.23. The minimum atomic E-state index is 0.0638. The molecular weight excluding hydrogens is 234 g/mol. The quantitative estimate of drug-likeness (QED) is 0.738. The number of hydrogen-bond donors (Lipinski definition) is 0. The molecule has 0 spiro atoms. The summed E-state index contributed by atoms with van der Waals surface area (Å²) in [4.78, 5) is 13.3. The molecule has 0 radical (unpaired) electrons. The van der Waals surface area contributed by atoms with Crippen LogP contribution in [0.5, 0.6) is 0 Å². The largest absolute Gasteiger partial charge is 0.332 e. The standard InChI is InChI=1S/C17H19NO/c1-14(16-9-5-3-6-10-16)18(13-19)15(2)17-11-7-4-8-12-17/h3-15H,1-2H3/t14-,15-/m1/s1. The zero-order valence-corrected chi connectivity index (χ0v) is 11.4. The van der Waals surface area contributed by atoms with E-state index < -0.39 is 0 Å². The van der Waals surface area contributed by atoms with Gasteiger partial charge in [0.2, 0.25) is 6.41 Å². The Labute approximate surface area is 114 Å². The van der Waals surface area contributed by atoms with E-state index in [9.17, 15) is 4.79 Å². The van der Waals surface area contributed by atoms with Gasteiger partial charge in [0.25, 0.3) is 0 Å². The first-order valence-electron chi connectivity index (χ1n) is 6.56. The number of nitrogens with zero attached hydrogens (tertiary/aromatic N) is 1. The van der Waals surface area contributed by atoms with Gasteiger partial charge in [-0.1, -0.05) is 60.7 Å². The number of rotatable bonds is 5. The van der Waals surface area contributed by atoms with Gasteiger partial charge in [0, 0.05) is 0 Å². The van der Waals surface area contributed by atoms with Crippen molar-refractivity contribution < 1.29 is 4.79 Å². The van der Waals surface area contributed by atoms with Crippen LogP contribution in [0.3, 0.4) is 0 Å². The summed E-state index contributed by atoms with van der Waals surface area (Å²) in [6.07, 6.45) is 0.940. The van der Waals surface area contributed by atoms with Gasteiger partial charge >= 0.3 is 0 Å². The van der Waals surface area contributed by atoms with Crippen molar-refractivity contribution in [1.29, 1.82) is 0 Å². The predicted molar refractivity (Wildman–Crippen MR) is 77.6 cm³/mol. The third kappa shape index (κ3) is 3.02. The number of carbonyl (C=O) groups is 1. The molecule has 2 atom stereocenters. The Morgan fingerprint density at radius 1 is 0.789 bits per heavy atom. The van der Waals surface area contributed by atoms with Crippen LogP contribution in [0, 0.1) is 0 Å². The van der Waals surface area contributed by atoms with Gasteiger partial charge in [-0.2, -0.15) is 0 Å². The minimum Gasteiger partial charge on any atom is -0.332 e. The van der Waals surface area contributed by atoms with Gasteiger partial charge in [-0.3, -0.25) is 4.79 Å². The SMILES string of the molecule is C[C@H](c1ccccc1)N(C=O)[C@H](C)c1ccccc1. The number of hydrogen-bond acceptors (Lipinski definition) is 1. The first-order chi connectivity index (χ1) is 9.24. The molecule has 2 nitrogen and oxygen atoms in total. The molecule has 1 amide bonds. The van der Waals surface area contributed by atoms with Crippen LogP contribution in [-0.4, -0.2) is 11.3 Å². The van der Waals surface area contributed by atoms with Crippen molar-refractivity contribution in [2.24, 2.45) is 0 Å². The van der Waals surface area contributed by atoms with Crippen molar-refractivity contribution in [3.05, 3.63) is 71.8 Å². The number of amides is 1. The lowest BCUT2D eigenvalue weighted by molar-refractivity contribution is -0.122. The summed E-state index contributed by atoms with van der Waals surface area (Å²) in [7, 11) is 0. The van der Waals surface area contributed by atoms with Crippen LogP contribution >= 0.6 is 0 Å². The Morgan fingerprint density at radius 3 is 1.47 bits per heavy atom. The van der Waals surface area contributed by atoms with Crippen LogP contribution in [-0.2, 0) is 4.79 Å². The smallest absolute Gasteiger partial charge is 0.210 e. The van der Waals surface area contributed by atoms with Gasteiger partial charge in [0.1, 0.15) is 0 Å². The molecule has 98 valence electrons. The zero-order chi connectivity index (χ0) is 13.7. The van der Waals surface area contributed by atoms with Crippen molar-refractivity contribution in [3.8, 4) is 0 Å². The van der Waals surface area contributed by atoms with E-state index in [0.717, 1.165) is 17.5 Å². The van der Waals surface area contributed by atoms with E-state index in [1.807, 2.05) is 41.3 Å². The highest BCUT2D eigenvalue weighted by Gasteiger charge is 2.20. The van der Waals surface area contributed by atoms with Crippen molar-refractivity contribution in [2.45, 2.75) is 25.9 Å². The molecule has 0 heterocycles. The summed E-state index contributed by atoms with van der Waals surface area (Å²) >= 11 is 0. The highest BCUT2D eigenvalue weighted by molar-refractivity contribution is 5.50. The first kappa shape index (κ1) is 13.3. The molecule has 0 aliphatic heterocycles. The van der Waals surface area contributed by atoms with Crippen molar-refractivity contribution in [3.63, 3.8) is 0 Å². The second-order valence-corrected chi connectivity index (χ2v) is 4.73. The minimum absolute atomic E-state index is 0.0638. The van der Waals surface area contributed by atoms with Crippen LogP contribution in [0.4, 0.5) is 0 Å². The molecule has 2 rings (SSSR count). The molecule has 0 fully saturated rings. The lowest BCUT2D eigenvalue weighted by Crippen LogP contribution is -2.28. The summed E-state index contributed by atoms with van der Waals surface area (Å²) < 4.78 is 0. The first-order valence-corrected chi connectivity index (χ1v) is 6.56. The maximum Gasteiger partial charge on any atom is 0.210 e. The van der Waals surface area contributed by atoms with Crippen molar-refractivity contribution in [2.75, 3.05) is 0 Å². The molecule has 0 aliphatic carbocycles. The third-order valence-electron chi connectivity index (χ3n) is 3.58. The highest BCUT2D eigenvalue weighted by atomic mass is 16.1. The lowest BCUT2D eigenvalue weighted by atomic mass is 10.0. The molecule has 0 N–H and O–H groups in total. The number of carbonyl (C=O) groups excluding carboxylic acids is 1. The summed E-state index contributed by atoms with van der Waals surface area (Å²) in [5.74, 6) is 0. The Kier molecular flexibility index (Phi) is 4.35. The predicted octanol–water partition coefficient (Wildman–Crippen LogP) is 3.97. The summed E-state index contributed by atoms with van der Waals surface area (Å²) in [6.45, 7) is 4.12. The summed E-state index contributed by atoms with van der Waals surface area (Å²) in [5.41, 5.74) is 2.30. The molecule has 2 heteroatoms. The van der Waals surface area contributed by atoms with Crippen LogP contribution < -0.4 is 0 Å². The van der Waals surface area contributed by atoms with E-state index in [2.05, 4.69) is 38.1 Å². The number of benzene rings is 2. The molecule has 0 aliphatic rings. The van der Waals surface area contributed by atoms with Gasteiger partial charge in [0.15, 0.2) is 0 Å². The van der Waals surface area contributed by atoms with Gasteiger partial charge < -0.3 is 4.90 Å². The summed E-state index contributed by atoms with van der Waals surface area (Å²) in [6, 6.07) is 20.3. The molecule has 19 heavy (non-hydrogen) atoms. The van der Waals surface area contributed by atoms with Crippen LogP contribution in [0.15, 0.2) is 60.7 Å². The molecule has 2 aromatic carbocycles. The fourth-order valence-corrected chi connectivity index (χ4v) is 2.33. The lowest BCUT2D eigenvalue weighted by Gasteiger charge is -2.31. The van der Waals surface area contributed by atoms with Crippen LogP contribution in [0.25, 0.3) is 0 Å². The van der Waals surface area contributed by atoms with Gasteiger partial charge in [0.05, 0.1) is 12.1 Å². The fourth-order valence-electron chi connectivity index (χ4n) is 2.33. The Morgan fingerprint density at radius 2 is 1.16 bits per heavy atom. The third-order valence-corrected chi connectivity index (χ3v) is 3.58. The second-order valence-electron chi connectivity index (χ2n) is 4.73. The molecule has 0 unspecified atom stereocenters. The molecule has 0 aromatic heterocycles. The monoisotopic (exact) mass is 253 g/mol. The van der Waals surface area contributed by atoms with Gasteiger partial charge in [-0.15, -0.1) is 0 Å². The van der Waals surface area contributed by atoms with E-state index in [1.54, 1.807) is 0 Å². The molecular formula is C17H19NO. The van der Waals surface area contributed by atoms with Crippen LogP contribution in [0.1, 0.15) is 37.1 Å². The van der Waals surface area contributed by atoms with E-state index in [1.165, 1.54) is 0 Å². The maximum absolute atomic E-state index is 11.5. The zero-order valence-electron chi connectivity index (χ0n) is 11.4. The molecule has 0 saturated heterocycles. The molecule has 2 aromatic rings. The Hall–Kier alpha value is -2.09. The van der Waals surface area contributed by atoms with Gasteiger partial charge in [-0.25, -0.2) is 0 Å². The van der Waals surface area contributed by atoms with Crippen LogP contribution in [0.2, 0.25) is 0 Å². The summed E-state index contributed by atoms with van der Waals surface area (Å²) in [5, 5.41) is 0. The topological polar surface area (TPSA) is 20.3 Å². The fraction of sp³-hybridized carbons (Fsp3) is 0.235. The average molecular weight is 253 g/mol. The second kappa shape index (κ2) is 6.19. The van der Waals surface area contributed by atoms with E-state index in [4.69, 9.17) is 0 Å². The highest BCUT2D eigenvalue weighted by Crippen LogP contribution is 2.28. The van der Waals surface area contributed by atoms with E-state index in [0.29, 0.717) is 0 Å². The molecule has 0 bridgehead atoms. The average Bonchev–Trinajstić information content (AvgIpc) is 2.49. The van der Waals surface area contributed by atoms with E-state index >= 15 is 0 Å². The Bertz CT molecular complexity index is 464.